The van der Waals surface area contributed by atoms with Gasteiger partial charge in [-0.15, -0.1) is 0 Å². The van der Waals surface area contributed by atoms with E-state index in [0.29, 0.717) is 0 Å². The van der Waals surface area contributed by atoms with E-state index in [9.17, 15) is 0 Å². The zero-order valence-electron chi connectivity index (χ0n) is 7.01. The molecule has 3 unspecified atom stereocenters. The van der Waals surface area contributed by atoms with E-state index in [4.69, 9.17) is 5.73 Å². The molecule has 0 aromatic heterocycles. The summed E-state index contributed by atoms with van der Waals surface area (Å²) >= 11 is 0. The van der Waals surface area contributed by atoms with Gasteiger partial charge in [0.2, 0.25) is 0 Å². The molecular weight excluding hydrogens is 124 g/mol. The number of nitrogens with two attached hydrogens (primary N) is 1. The summed E-state index contributed by atoms with van der Waals surface area (Å²) in [7, 11) is 0. The van der Waals surface area contributed by atoms with Gasteiger partial charge < -0.3 is 5.73 Å². The standard InChI is InChI=1S/C8H18N2/c1-3-8-6-10(8)7(2)4-5-9/h7-8H,3-6,9H2,1-2H3. The second-order valence-electron chi connectivity index (χ2n) is 3.19. The molecule has 0 aromatic rings. The third-order valence-corrected chi connectivity index (χ3v) is 2.38. The molecule has 0 aliphatic carbocycles. The van der Waals surface area contributed by atoms with Crippen LogP contribution in [0.25, 0.3) is 0 Å². The quantitative estimate of drug-likeness (QED) is 0.589. The Morgan fingerprint density at radius 1 is 1.70 bits per heavy atom. The lowest BCUT2D eigenvalue weighted by molar-refractivity contribution is 0.374. The van der Waals surface area contributed by atoms with E-state index in [1.54, 1.807) is 0 Å². The van der Waals surface area contributed by atoms with Crippen LogP contribution in [0, 0.1) is 0 Å². The van der Waals surface area contributed by atoms with Crippen molar-refractivity contribution in [1.29, 1.82) is 0 Å². The fourth-order valence-corrected chi connectivity index (χ4v) is 1.51. The van der Waals surface area contributed by atoms with E-state index in [2.05, 4.69) is 18.7 Å². The Bertz CT molecular complexity index is 103. The number of nitrogens with zero attached hydrogens (tertiary/aromatic N) is 1. The molecule has 60 valence electrons. The molecule has 2 heteroatoms. The summed E-state index contributed by atoms with van der Waals surface area (Å²) in [5.41, 5.74) is 5.46. The topological polar surface area (TPSA) is 29.0 Å². The van der Waals surface area contributed by atoms with Crippen molar-refractivity contribution in [3.8, 4) is 0 Å². The van der Waals surface area contributed by atoms with Crippen LogP contribution in [0.15, 0.2) is 0 Å². The summed E-state index contributed by atoms with van der Waals surface area (Å²) in [6.45, 7) is 6.65. The van der Waals surface area contributed by atoms with Crippen LogP contribution in [0.1, 0.15) is 26.7 Å². The van der Waals surface area contributed by atoms with Crippen LogP contribution in [0.3, 0.4) is 0 Å². The van der Waals surface area contributed by atoms with E-state index >= 15 is 0 Å². The molecule has 0 radical (unpaired) electrons. The lowest BCUT2D eigenvalue weighted by atomic mass is 10.2. The van der Waals surface area contributed by atoms with Crippen molar-refractivity contribution in [3.05, 3.63) is 0 Å². The average molecular weight is 142 g/mol. The first kappa shape index (κ1) is 8.02. The third kappa shape index (κ3) is 1.70. The number of hydrogen-bond acceptors (Lipinski definition) is 2. The van der Waals surface area contributed by atoms with Gasteiger partial charge in [0.25, 0.3) is 0 Å². The minimum Gasteiger partial charge on any atom is -0.330 e. The van der Waals surface area contributed by atoms with E-state index in [1.165, 1.54) is 13.0 Å². The van der Waals surface area contributed by atoms with Crippen LogP contribution in [0.2, 0.25) is 0 Å². The zero-order valence-corrected chi connectivity index (χ0v) is 7.01. The molecule has 0 spiro atoms. The summed E-state index contributed by atoms with van der Waals surface area (Å²) < 4.78 is 0. The molecule has 1 saturated heterocycles. The molecule has 0 bridgehead atoms. The van der Waals surface area contributed by atoms with Gasteiger partial charge >= 0.3 is 0 Å². The maximum atomic E-state index is 5.46. The molecule has 2 N–H and O–H groups in total. The highest BCUT2D eigenvalue weighted by Crippen LogP contribution is 2.24. The number of rotatable bonds is 4. The van der Waals surface area contributed by atoms with Gasteiger partial charge in [-0.2, -0.15) is 0 Å². The van der Waals surface area contributed by atoms with Gasteiger partial charge in [0.15, 0.2) is 0 Å². The molecular formula is C8H18N2. The molecule has 1 rings (SSSR count). The second kappa shape index (κ2) is 3.35. The van der Waals surface area contributed by atoms with Crippen LogP contribution < -0.4 is 5.73 Å². The largest absolute Gasteiger partial charge is 0.330 e. The molecule has 10 heavy (non-hydrogen) atoms. The minimum absolute atomic E-state index is 0.718. The van der Waals surface area contributed by atoms with Gasteiger partial charge in [-0.25, -0.2) is 0 Å². The smallest absolute Gasteiger partial charge is 0.0224 e. The molecule has 0 saturated carbocycles. The summed E-state index contributed by atoms with van der Waals surface area (Å²) in [6.07, 6.45) is 2.45. The van der Waals surface area contributed by atoms with Crippen molar-refractivity contribution in [3.63, 3.8) is 0 Å². The number of hydrogen-bond donors (Lipinski definition) is 1. The fraction of sp³-hybridized carbons (Fsp3) is 1.00. The minimum atomic E-state index is 0.718. The van der Waals surface area contributed by atoms with Crippen molar-refractivity contribution < 1.29 is 0 Å². The molecule has 0 amide bonds. The Balaban J connectivity index is 2.12. The van der Waals surface area contributed by atoms with E-state index in [-0.39, 0.29) is 0 Å². The summed E-state index contributed by atoms with van der Waals surface area (Å²) in [4.78, 5) is 2.52. The first-order chi connectivity index (χ1) is 4.79. The summed E-state index contributed by atoms with van der Waals surface area (Å²) in [6, 6.07) is 1.59. The Labute approximate surface area is 63.4 Å². The van der Waals surface area contributed by atoms with Crippen molar-refractivity contribution in [1.82, 2.24) is 4.90 Å². The second-order valence-corrected chi connectivity index (χ2v) is 3.19. The van der Waals surface area contributed by atoms with Crippen LogP contribution in [0.5, 0.6) is 0 Å². The average Bonchev–Trinajstić information content (AvgIpc) is 2.66. The van der Waals surface area contributed by atoms with Gasteiger partial charge in [-0.3, -0.25) is 4.90 Å². The van der Waals surface area contributed by atoms with Crippen molar-refractivity contribution >= 4 is 0 Å². The first-order valence-corrected chi connectivity index (χ1v) is 4.25. The Morgan fingerprint density at radius 3 is 2.80 bits per heavy atom. The Hall–Kier alpha value is -0.0800. The van der Waals surface area contributed by atoms with Gasteiger partial charge in [-0.05, 0) is 26.3 Å². The Morgan fingerprint density at radius 2 is 2.40 bits per heavy atom. The highest BCUT2D eigenvalue weighted by atomic mass is 15.3. The molecule has 1 fully saturated rings. The van der Waals surface area contributed by atoms with Gasteiger partial charge in [-0.1, -0.05) is 6.92 Å². The highest BCUT2D eigenvalue weighted by Gasteiger charge is 2.35. The van der Waals surface area contributed by atoms with Crippen LogP contribution >= 0.6 is 0 Å². The van der Waals surface area contributed by atoms with Crippen molar-refractivity contribution in [2.75, 3.05) is 13.1 Å². The molecule has 1 heterocycles. The van der Waals surface area contributed by atoms with Crippen molar-refractivity contribution in [2.24, 2.45) is 5.73 Å². The third-order valence-electron chi connectivity index (χ3n) is 2.38. The van der Waals surface area contributed by atoms with Crippen LogP contribution in [0.4, 0.5) is 0 Å². The highest BCUT2D eigenvalue weighted by molar-refractivity contribution is 4.91. The molecule has 0 aromatic carbocycles. The van der Waals surface area contributed by atoms with Crippen LogP contribution in [-0.4, -0.2) is 30.1 Å². The van der Waals surface area contributed by atoms with Crippen LogP contribution in [-0.2, 0) is 0 Å². The van der Waals surface area contributed by atoms with Gasteiger partial charge in [0, 0.05) is 18.6 Å². The van der Waals surface area contributed by atoms with Gasteiger partial charge in [0.05, 0.1) is 0 Å². The lowest BCUT2D eigenvalue weighted by Crippen LogP contribution is -2.20. The zero-order chi connectivity index (χ0) is 7.56. The molecule has 1 aliphatic heterocycles. The monoisotopic (exact) mass is 142 g/mol. The summed E-state index contributed by atoms with van der Waals surface area (Å²) in [5.74, 6) is 0. The lowest BCUT2D eigenvalue weighted by Gasteiger charge is -2.11. The van der Waals surface area contributed by atoms with Gasteiger partial charge in [0.1, 0.15) is 0 Å². The molecule has 3 atom stereocenters. The predicted molar refractivity (Wildman–Crippen MR) is 43.9 cm³/mol. The summed E-state index contributed by atoms with van der Waals surface area (Å²) in [5, 5.41) is 0. The molecule has 1 aliphatic rings. The fourth-order valence-electron chi connectivity index (χ4n) is 1.51. The molecule has 2 nitrogen and oxygen atoms in total. The van der Waals surface area contributed by atoms with E-state index in [0.717, 1.165) is 25.0 Å². The first-order valence-electron chi connectivity index (χ1n) is 4.25. The normalized spacial score (nSPS) is 33.9. The predicted octanol–water partition coefficient (Wildman–Crippen LogP) is 0.818. The van der Waals surface area contributed by atoms with E-state index in [1.807, 2.05) is 0 Å². The Kier molecular flexibility index (Phi) is 2.69. The maximum absolute atomic E-state index is 5.46. The SMILES string of the molecule is CCC1CN1C(C)CCN. The van der Waals surface area contributed by atoms with Crippen molar-refractivity contribution in [2.45, 2.75) is 38.8 Å². The van der Waals surface area contributed by atoms with E-state index < -0.39 is 0 Å². The maximum Gasteiger partial charge on any atom is 0.0224 e.